The average molecular weight is 232 g/mol. The first-order chi connectivity index (χ1) is 7.01. The number of carbonyl (C=O) groups is 1. The van der Waals surface area contributed by atoms with Crippen LogP contribution in [0.15, 0.2) is 12.2 Å². The molecular formula is C10H20O4Si. The van der Waals surface area contributed by atoms with Gasteiger partial charge in [-0.05, 0) is 18.5 Å². The van der Waals surface area contributed by atoms with Gasteiger partial charge in [0.1, 0.15) is 14.9 Å². The maximum absolute atomic E-state index is 11.3. The van der Waals surface area contributed by atoms with Crippen molar-refractivity contribution in [3.8, 4) is 0 Å². The highest BCUT2D eigenvalue weighted by atomic mass is 28.2. The Morgan fingerprint density at radius 1 is 1.27 bits per heavy atom. The molecule has 0 rings (SSSR count). The third-order valence-electron chi connectivity index (χ3n) is 2.30. The molecule has 15 heavy (non-hydrogen) atoms. The van der Waals surface area contributed by atoms with E-state index >= 15 is 0 Å². The van der Waals surface area contributed by atoms with E-state index in [0.29, 0.717) is 12.0 Å². The molecule has 0 spiro atoms. The maximum atomic E-state index is 11.3. The zero-order valence-electron chi connectivity index (χ0n) is 9.96. The summed E-state index contributed by atoms with van der Waals surface area (Å²) in [6.07, 6.45) is 0.571. The number of carbonyl (C=O) groups excluding carboxylic acids is 1. The average Bonchev–Trinajstić information content (AvgIpc) is 2.24. The van der Waals surface area contributed by atoms with Crippen LogP contribution in [0.4, 0.5) is 0 Å². The second kappa shape index (κ2) is 6.89. The predicted molar refractivity (Wildman–Crippen MR) is 61.5 cm³/mol. The molecule has 0 aromatic heterocycles. The molecule has 0 aliphatic carbocycles. The van der Waals surface area contributed by atoms with Crippen LogP contribution in [0, 0.1) is 0 Å². The molecule has 0 bridgehead atoms. The van der Waals surface area contributed by atoms with Gasteiger partial charge in [0.05, 0.1) is 0 Å². The highest BCUT2D eigenvalue weighted by Crippen LogP contribution is 2.19. The van der Waals surface area contributed by atoms with Crippen LogP contribution in [0.2, 0.25) is 6.04 Å². The molecule has 0 aromatic carbocycles. The molecule has 5 heteroatoms. The summed E-state index contributed by atoms with van der Waals surface area (Å²) in [6.45, 7) is 5.36. The standard InChI is InChI=1S/C10H20O4Si/c1-8(2)9(11)15-7-6-10(12-3,13-4)14-5/h1,6-7,15H2,2-5H3. The normalized spacial score (nSPS) is 12.3. The van der Waals surface area contributed by atoms with Crippen LogP contribution in [0.25, 0.3) is 0 Å². The van der Waals surface area contributed by atoms with E-state index in [1.807, 2.05) is 0 Å². The lowest BCUT2D eigenvalue weighted by Crippen LogP contribution is -2.36. The van der Waals surface area contributed by atoms with Crippen molar-refractivity contribution in [3.05, 3.63) is 12.2 Å². The summed E-state index contributed by atoms with van der Waals surface area (Å²) >= 11 is 0. The van der Waals surface area contributed by atoms with Crippen LogP contribution >= 0.6 is 0 Å². The molecule has 0 saturated heterocycles. The first-order valence-electron chi connectivity index (χ1n) is 4.85. The molecule has 0 aliphatic heterocycles. The number of rotatable bonds is 8. The van der Waals surface area contributed by atoms with Crippen LogP contribution in [-0.2, 0) is 19.0 Å². The number of hydrogen-bond acceptors (Lipinski definition) is 4. The van der Waals surface area contributed by atoms with Crippen LogP contribution in [0.5, 0.6) is 0 Å². The molecule has 0 aromatic rings. The quantitative estimate of drug-likeness (QED) is 0.350. The number of hydrogen-bond donors (Lipinski definition) is 0. The van der Waals surface area contributed by atoms with E-state index in [1.54, 1.807) is 6.92 Å². The van der Waals surface area contributed by atoms with Gasteiger partial charge in [-0.3, -0.25) is 0 Å². The van der Waals surface area contributed by atoms with Crippen LogP contribution in [0.1, 0.15) is 13.3 Å². The summed E-state index contributed by atoms with van der Waals surface area (Å²) in [5, 5.41) is 0.201. The SMILES string of the molecule is C=C(C)C(=O)[SiH2]CCC(OC)(OC)OC. The van der Waals surface area contributed by atoms with Crippen molar-refractivity contribution in [3.63, 3.8) is 0 Å². The molecular weight excluding hydrogens is 212 g/mol. The third-order valence-corrected chi connectivity index (χ3v) is 4.06. The smallest absolute Gasteiger partial charge is 0.281 e. The van der Waals surface area contributed by atoms with Gasteiger partial charge < -0.3 is 19.0 Å². The Morgan fingerprint density at radius 3 is 2.07 bits per heavy atom. The summed E-state index contributed by atoms with van der Waals surface area (Å²) in [7, 11) is 3.77. The van der Waals surface area contributed by atoms with Crippen molar-refractivity contribution < 1.29 is 19.0 Å². The van der Waals surface area contributed by atoms with Gasteiger partial charge >= 0.3 is 0 Å². The van der Waals surface area contributed by atoms with E-state index in [4.69, 9.17) is 14.2 Å². The Kier molecular flexibility index (Phi) is 6.67. The van der Waals surface area contributed by atoms with Crippen molar-refractivity contribution in [2.75, 3.05) is 21.3 Å². The molecule has 0 unspecified atom stereocenters. The van der Waals surface area contributed by atoms with Gasteiger partial charge in [-0.2, -0.15) is 0 Å². The Hall–Kier alpha value is -0.493. The lowest BCUT2D eigenvalue weighted by atomic mass is 10.4. The van der Waals surface area contributed by atoms with Gasteiger partial charge in [-0.1, -0.05) is 6.58 Å². The Morgan fingerprint density at radius 2 is 1.73 bits per heavy atom. The molecule has 4 nitrogen and oxygen atoms in total. The minimum Gasteiger partial charge on any atom is -0.331 e. The third kappa shape index (κ3) is 4.70. The highest BCUT2D eigenvalue weighted by Gasteiger charge is 2.28. The number of methoxy groups -OCH3 is 3. The molecule has 0 heterocycles. The fourth-order valence-corrected chi connectivity index (χ4v) is 2.59. The fourth-order valence-electron chi connectivity index (χ4n) is 1.24. The summed E-state index contributed by atoms with van der Waals surface area (Å²) < 4.78 is 15.4. The maximum Gasteiger partial charge on any atom is 0.281 e. The summed E-state index contributed by atoms with van der Waals surface area (Å²) in [4.78, 5) is 11.3. The minimum absolute atomic E-state index is 0.201. The Labute approximate surface area is 93.4 Å². The number of ether oxygens (including phenoxy) is 3. The predicted octanol–water partition coefficient (Wildman–Crippen LogP) is 0.659. The van der Waals surface area contributed by atoms with Crippen molar-refractivity contribution >= 4 is 14.9 Å². The van der Waals surface area contributed by atoms with E-state index in [2.05, 4.69) is 6.58 Å². The van der Waals surface area contributed by atoms with E-state index < -0.39 is 15.5 Å². The molecule has 0 N–H and O–H groups in total. The highest BCUT2D eigenvalue weighted by molar-refractivity contribution is 6.77. The van der Waals surface area contributed by atoms with Gasteiger partial charge in [-0.25, -0.2) is 0 Å². The zero-order chi connectivity index (χ0) is 11.9. The summed E-state index contributed by atoms with van der Waals surface area (Å²) in [6, 6.07) is 0.779. The molecule has 88 valence electrons. The van der Waals surface area contributed by atoms with Gasteiger partial charge in [0.15, 0.2) is 0 Å². The molecule has 0 saturated carbocycles. The van der Waals surface area contributed by atoms with Crippen molar-refractivity contribution in [1.82, 2.24) is 0 Å². The molecule has 0 radical (unpaired) electrons. The Bertz CT molecular complexity index is 215. The van der Waals surface area contributed by atoms with Crippen LogP contribution in [0.3, 0.4) is 0 Å². The fraction of sp³-hybridized carbons (Fsp3) is 0.700. The van der Waals surface area contributed by atoms with Crippen molar-refractivity contribution in [1.29, 1.82) is 0 Å². The molecule has 0 fully saturated rings. The summed E-state index contributed by atoms with van der Waals surface area (Å²) in [5.41, 5.74) is 0.638. The zero-order valence-corrected chi connectivity index (χ0v) is 11.4. The van der Waals surface area contributed by atoms with Gasteiger partial charge in [-0.15, -0.1) is 0 Å². The lowest BCUT2D eigenvalue weighted by molar-refractivity contribution is -0.352. The minimum atomic E-state index is -0.998. The topological polar surface area (TPSA) is 44.8 Å². The van der Waals surface area contributed by atoms with E-state index in [-0.39, 0.29) is 5.41 Å². The molecule has 0 aliphatic rings. The number of allylic oxidation sites excluding steroid dienone is 1. The van der Waals surface area contributed by atoms with Crippen LogP contribution < -0.4 is 0 Å². The second-order valence-electron chi connectivity index (χ2n) is 3.35. The van der Waals surface area contributed by atoms with Crippen molar-refractivity contribution in [2.45, 2.75) is 25.4 Å². The van der Waals surface area contributed by atoms with Gasteiger partial charge in [0.2, 0.25) is 0 Å². The first kappa shape index (κ1) is 14.5. The van der Waals surface area contributed by atoms with E-state index in [9.17, 15) is 4.79 Å². The van der Waals surface area contributed by atoms with Gasteiger partial charge in [0, 0.05) is 27.8 Å². The lowest BCUT2D eigenvalue weighted by Gasteiger charge is -2.28. The van der Waals surface area contributed by atoms with E-state index in [0.717, 1.165) is 6.04 Å². The Balaban J connectivity index is 4.02. The van der Waals surface area contributed by atoms with Gasteiger partial charge in [0.25, 0.3) is 5.97 Å². The monoisotopic (exact) mass is 232 g/mol. The van der Waals surface area contributed by atoms with Crippen molar-refractivity contribution in [2.24, 2.45) is 0 Å². The first-order valence-corrected chi connectivity index (χ1v) is 6.56. The molecule has 0 amide bonds. The van der Waals surface area contributed by atoms with E-state index in [1.165, 1.54) is 21.3 Å². The molecule has 0 atom stereocenters. The largest absolute Gasteiger partial charge is 0.331 e. The van der Waals surface area contributed by atoms with Crippen LogP contribution in [-0.4, -0.2) is 42.2 Å². The second-order valence-corrected chi connectivity index (χ2v) is 5.20. The summed E-state index contributed by atoms with van der Waals surface area (Å²) in [5.74, 6) is -0.998.